The fourth-order valence-corrected chi connectivity index (χ4v) is 2.10. The summed E-state index contributed by atoms with van der Waals surface area (Å²) in [6.45, 7) is 1.02. The van der Waals surface area contributed by atoms with Gasteiger partial charge in [0.1, 0.15) is 12.2 Å². The number of carboxylic acid groups (broad SMARTS) is 2. The summed E-state index contributed by atoms with van der Waals surface area (Å²) in [5, 5.41) is 17.2. The van der Waals surface area contributed by atoms with Gasteiger partial charge in [-0.1, -0.05) is 48.5 Å². The van der Waals surface area contributed by atoms with Gasteiger partial charge >= 0.3 is 5.97 Å². The third-order valence-electron chi connectivity index (χ3n) is 3.24. The van der Waals surface area contributed by atoms with Crippen molar-refractivity contribution in [2.75, 3.05) is 14.1 Å². The average molecular weight is 327 g/mol. The highest BCUT2D eigenvalue weighted by Crippen LogP contribution is 2.21. The van der Waals surface area contributed by atoms with Crippen molar-refractivity contribution in [1.82, 2.24) is 4.48 Å². The molecule has 0 heterocycles. The highest BCUT2D eigenvalue weighted by molar-refractivity contribution is 5.88. The molecule has 0 fully saturated rings. The lowest BCUT2D eigenvalue weighted by Gasteiger charge is -2.29. The van der Waals surface area contributed by atoms with Crippen molar-refractivity contribution in [3.63, 3.8) is 0 Å². The molecule has 0 aromatic heterocycles. The van der Waals surface area contributed by atoms with Gasteiger partial charge in [-0.3, -0.25) is 4.48 Å². The first-order chi connectivity index (χ1) is 11.3. The minimum atomic E-state index is -1.51. The number of rotatable bonds is 5. The van der Waals surface area contributed by atoms with Gasteiger partial charge in [-0.25, -0.2) is 4.79 Å². The number of quaternary nitrogens is 1. The van der Waals surface area contributed by atoms with Crippen molar-refractivity contribution in [3.05, 3.63) is 78.4 Å². The predicted molar refractivity (Wildman–Crippen MR) is 92.0 cm³/mol. The van der Waals surface area contributed by atoms with Crippen LogP contribution in [0.15, 0.2) is 72.8 Å². The number of carboxylic acids is 2. The lowest BCUT2D eigenvalue weighted by molar-refractivity contribution is -0.297. The average Bonchev–Trinajstić information content (AvgIpc) is 2.55. The van der Waals surface area contributed by atoms with Crippen LogP contribution in [0.1, 0.15) is 5.56 Å². The van der Waals surface area contributed by atoms with Crippen LogP contribution in [-0.4, -0.2) is 31.1 Å². The maximum absolute atomic E-state index is 9.53. The number of carbonyl (C=O) groups is 2. The number of hydrogen-bond donors (Lipinski definition) is 1. The zero-order valence-corrected chi connectivity index (χ0v) is 13.8. The molecule has 0 radical (unpaired) electrons. The van der Waals surface area contributed by atoms with E-state index >= 15 is 0 Å². The van der Waals surface area contributed by atoms with Gasteiger partial charge in [0.2, 0.25) is 0 Å². The van der Waals surface area contributed by atoms with Gasteiger partial charge in [0.15, 0.2) is 0 Å². The van der Waals surface area contributed by atoms with Crippen LogP contribution in [0.25, 0.3) is 0 Å². The van der Waals surface area contributed by atoms with Crippen molar-refractivity contribution in [2.24, 2.45) is 0 Å². The lowest BCUT2D eigenvalue weighted by Crippen LogP contribution is -2.39. The van der Waals surface area contributed by atoms with E-state index in [1.807, 2.05) is 0 Å². The van der Waals surface area contributed by atoms with E-state index in [0.717, 1.165) is 11.0 Å². The second-order valence-corrected chi connectivity index (χ2v) is 5.65. The Morgan fingerprint density at radius 3 is 1.88 bits per heavy atom. The molecule has 0 amide bonds. The van der Waals surface area contributed by atoms with Gasteiger partial charge in [-0.2, -0.15) is 0 Å². The largest absolute Gasteiger partial charge is 0.545 e. The zero-order chi connectivity index (χ0) is 18.0. The fraction of sp³-hybridized carbons (Fsp3) is 0.158. The molecule has 0 unspecified atom stereocenters. The van der Waals surface area contributed by atoms with Crippen LogP contribution < -0.4 is 9.59 Å². The lowest BCUT2D eigenvalue weighted by atomic mass is 10.2. The summed E-state index contributed by atoms with van der Waals surface area (Å²) in [6.07, 6.45) is 0.942. The summed E-state index contributed by atoms with van der Waals surface area (Å²) in [7, 11) is 4.48. The predicted octanol–water partition coefficient (Wildman–Crippen LogP) is 1.83. The SMILES string of the molecule is C[N+](C)(Cc1ccccc1)c1ccccc1.O=C([O-])/C=C\C(=O)O. The van der Waals surface area contributed by atoms with Crippen molar-refractivity contribution >= 4 is 17.6 Å². The summed E-state index contributed by atoms with van der Waals surface area (Å²) < 4.78 is 0.880. The highest BCUT2D eigenvalue weighted by Gasteiger charge is 2.18. The number of carbonyl (C=O) groups excluding carboxylic acids is 1. The summed E-state index contributed by atoms with van der Waals surface area (Å²) in [4.78, 5) is 19.0. The summed E-state index contributed by atoms with van der Waals surface area (Å²) in [5.74, 6) is -2.80. The highest BCUT2D eigenvalue weighted by atomic mass is 16.4. The van der Waals surface area contributed by atoms with E-state index in [2.05, 4.69) is 74.8 Å². The van der Waals surface area contributed by atoms with E-state index in [1.165, 1.54) is 11.3 Å². The second kappa shape index (κ2) is 9.27. The molecule has 126 valence electrons. The minimum Gasteiger partial charge on any atom is -0.545 e. The van der Waals surface area contributed by atoms with Gasteiger partial charge in [0.05, 0.1) is 20.1 Å². The van der Waals surface area contributed by atoms with Crippen LogP contribution in [-0.2, 0) is 16.1 Å². The molecule has 1 N–H and O–H groups in total. The monoisotopic (exact) mass is 327 g/mol. The van der Waals surface area contributed by atoms with E-state index in [9.17, 15) is 14.7 Å². The number of aliphatic carboxylic acids is 2. The topological polar surface area (TPSA) is 77.4 Å². The number of nitrogens with zero attached hydrogens (tertiary/aromatic N) is 1. The first-order valence-electron chi connectivity index (χ1n) is 7.36. The zero-order valence-electron chi connectivity index (χ0n) is 13.8. The third-order valence-corrected chi connectivity index (χ3v) is 3.24. The van der Waals surface area contributed by atoms with Crippen LogP contribution in [0.4, 0.5) is 5.69 Å². The van der Waals surface area contributed by atoms with Crippen molar-refractivity contribution < 1.29 is 19.8 Å². The standard InChI is InChI=1S/C15H18N.C4H4O4/c1-16(2,15-11-7-4-8-12-15)13-14-9-5-3-6-10-14;5-3(6)1-2-4(7)8/h3-12H,13H2,1-2H3;1-2H,(H,5,6)(H,7,8)/q+1;/p-1/b;2-1-. The molecule has 5 nitrogen and oxygen atoms in total. The molecule has 0 saturated heterocycles. The van der Waals surface area contributed by atoms with Crippen LogP contribution in [0, 0.1) is 0 Å². The molecule has 24 heavy (non-hydrogen) atoms. The molecule has 2 aromatic carbocycles. The normalized spacial score (nSPS) is 10.8. The Balaban J connectivity index is 0.000000307. The van der Waals surface area contributed by atoms with Gasteiger partial charge in [0.25, 0.3) is 0 Å². The summed E-state index contributed by atoms with van der Waals surface area (Å²) in [6, 6.07) is 21.2. The fourth-order valence-electron chi connectivity index (χ4n) is 2.10. The first kappa shape index (κ1) is 19.1. The minimum absolute atomic E-state index is 0.447. The van der Waals surface area contributed by atoms with Crippen molar-refractivity contribution in [3.8, 4) is 0 Å². The van der Waals surface area contributed by atoms with E-state index in [1.54, 1.807) is 0 Å². The molecule has 0 aliphatic carbocycles. The molecule has 0 spiro atoms. The quantitative estimate of drug-likeness (QED) is 0.671. The molecule has 2 aromatic rings. The Labute approximate surface area is 141 Å². The molecular formula is C19H21NO4. The summed E-state index contributed by atoms with van der Waals surface area (Å²) in [5.41, 5.74) is 2.71. The Hall–Kier alpha value is -2.92. The van der Waals surface area contributed by atoms with Gasteiger partial charge in [0, 0.05) is 11.6 Å². The molecule has 0 atom stereocenters. The molecule has 5 heteroatoms. The number of benzene rings is 2. The van der Waals surface area contributed by atoms with Crippen LogP contribution >= 0.6 is 0 Å². The first-order valence-corrected chi connectivity index (χ1v) is 7.36. The number of hydrogen-bond acceptors (Lipinski definition) is 3. The smallest absolute Gasteiger partial charge is 0.328 e. The second-order valence-electron chi connectivity index (χ2n) is 5.65. The maximum Gasteiger partial charge on any atom is 0.328 e. The Morgan fingerprint density at radius 2 is 1.46 bits per heavy atom. The Bertz CT molecular complexity index is 663. The van der Waals surface area contributed by atoms with Crippen LogP contribution in [0.5, 0.6) is 0 Å². The van der Waals surface area contributed by atoms with Crippen LogP contribution in [0.2, 0.25) is 0 Å². The number of para-hydroxylation sites is 1. The van der Waals surface area contributed by atoms with Gasteiger partial charge in [-0.05, 0) is 18.2 Å². The maximum atomic E-state index is 9.53. The van der Waals surface area contributed by atoms with Crippen molar-refractivity contribution in [1.29, 1.82) is 0 Å². The van der Waals surface area contributed by atoms with Crippen LogP contribution in [0.3, 0.4) is 0 Å². The molecule has 0 aliphatic heterocycles. The Morgan fingerprint density at radius 1 is 0.958 bits per heavy atom. The summed E-state index contributed by atoms with van der Waals surface area (Å²) >= 11 is 0. The molecular weight excluding hydrogens is 306 g/mol. The van der Waals surface area contributed by atoms with Crippen molar-refractivity contribution in [2.45, 2.75) is 6.54 Å². The van der Waals surface area contributed by atoms with E-state index in [4.69, 9.17) is 5.11 Å². The third kappa shape index (κ3) is 7.38. The van der Waals surface area contributed by atoms with Gasteiger partial charge < -0.3 is 15.0 Å². The molecule has 2 rings (SSSR count). The molecule has 0 saturated carbocycles. The molecule has 0 aliphatic rings. The van der Waals surface area contributed by atoms with E-state index < -0.39 is 11.9 Å². The van der Waals surface area contributed by atoms with E-state index in [0.29, 0.717) is 12.2 Å². The van der Waals surface area contributed by atoms with E-state index in [-0.39, 0.29) is 0 Å². The van der Waals surface area contributed by atoms with Gasteiger partial charge in [-0.15, -0.1) is 0 Å². The Kier molecular flexibility index (Phi) is 7.39. The molecule has 0 bridgehead atoms.